The first-order valence-electron chi connectivity index (χ1n) is 10.7. The number of amides is 1. The van der Waals surface area contributed by atoms with Crippen molar-refractivity contribution in [2.45, 2.75) is 51.7 Å². The highest BCUT2D eigenvalue weighted by Crippen LogP contribution is 2.46. The van der Waals surface area contributed by atoms with Crippen molar-refractivity contribution in [3.05, 3.63) is 53.9 Å². The quantitative estimate of drug-likeness (QED) is 0.669. The normalized spacial score (nSPS) is 22.9. The first kappa shape index (κ1) is 18.2. The number of nitrogens with zero attached hydrogens (tertiary/aromatic N) is 3. The van der Waals surface area contributed by atoms with Crippen molar-refractivity contribution < 1.29 is 4.79 Å². The molecular weight excluding hydrogens is 362 g/mol. The zero-order valence-electron chi connectivity index (χ0n) is 16.8. The molecule has 0 unspecified atom stereocenters. The third-order valence-corrected chi connectivity index (χ3v) is 6.57. The van der Waals surface area contributed by atoms with Crippen molar-refractivity contribution >= 4 is 22.6 Å². The van der Waals surface area contributed by atoms with E-state index in [0.717, 1.165) is 34.7 Å². The minimum absolute atomic E-state index is 0.0989. The van der Waals surface area contributed by atoms with Crippen LogP contribution in [0.4, 0.5) is 5.69 Å². The number of fused-ring (bicyclic) bond motifs is 3. The fraction of sp³-hybridized carbons (Fsp3) is 0.435. The van der Waals surface area contributed by atoms with Crippen LogP contribution >= 0.6 is 0 Å². The number of carbonyl (C=O) groups excluding carboxylic acids is 1. The number of pyridine rings is 1. The molecule has 2 fully saturated rings. The van der Waals surface area contributed by atoms with E-state index < -0.39 is 0 Å². The number of aryl methyl sites for hydroxylation is 1. The van der Waals surface area contributed by atoms with Crippen molar-refractivity contribution in [2.75, 3.05) is 5.32 Å². The molecule has 2 aromatic heterocycles. The highest BCUT2D eigenvalue weighted by molar-refractivity contribution is 6.06. The van der Waals surface area contributed by atoms with Crippen LogP contribution in [-0.4, -0.2) is 26.7 Å². The van der Waals surface area contributed by atoms with Crippen molar-refractivity contribution in [1.82, 2.24) is 20.1 Å². The van der Waals surface area contributed by atoms with Crippen molar-refractivity contribution in [3.8, 4) is 0 Å². The molecule has 2 heterocycles. The van der Waals surface area contributed by atoms with Gasteiger partial charge in [-0.15, -0.1) is 0 Å². The van der Waals surface area contributed by atoms with Gasteiger partial charge in [-0.05, 0) is 43.6 Å². The largest absolute Gasteiger partial charge is 0.381 e. The predicted octanol–water partition coefficient (Wildman–Crippen LogP) is 3.98. The van der Waals surface area contributed by atoms with E-state index in [0.29, 0.717) is 24.1 Å². The molecule has 6 heteroatoms. The molecule has 3 aromatic rings. The van der Waals surface area contributed by atoms with Crippen LogP contribution in [0.15, 0.2) is 42.7 Å². The van der Waals surface area contributed by atoms with Gasteiger partial charge in [-0.1, -0.05) is 36.8 Å². The second kappa shape index (κ2) is 7.50. The Morgan fingerprint density at radius 2 is 2.03 bits per heavy atom. The smallest absolute Gasteiger partial charge is 0.255 e. The molecule has 150 valence electrons. The summed E-state index contributed by atoms with van der Waals surface area (Å²) >= 11 is 0. The first-order valence-corrected chi connectivity index (χ1v) is 10.7. The Balaban J connectivity index is 1.46. The number of hydrogen-bond donors (Lipinski definition) is 2. The standard InChI is InChI=1S/C23H27N5O/c1-2-28-22-18(14-26-28)21(27-20-11-16-8-9-17(20)10-16)19(13-24-22)23(29)25-12-15-6-4-3-5-7-15/h3-7,13-14,16-17,20H,2,8-12H2,1H3,(H,24,27)(H,25,29)/t16-,17-,20+/m1/s1. The molecule has 0 aliphatic heterocycles. The maximum atomic E-state index is 13.1. The first-order chi connectivity index (χ1) is 14.2. The van der Waals surface area contributed by atoms with E-state index in [1.54, 1.807) is 6.20 Å². The lowest BCUT2D eigenvalue weighted by atomic mass is 9.94. The van der Waals surface area contributed by atoms with Crippen LogP contribution in [0.3, 0.4) is 0 Å². The third kappa shape index (κ3) is 3.37. The summed E-state index contributed by atoms with van der Waals surface area (Å²) in [5.74, 6) is 1.45. The van der Waals surface area contributed by atoms with Crippen LogP contribution in [0.25, 0.3) is 11.0 Å². The maximum absolute atomic E-state index is 13.1. The van der Waals surface area contributed by atoms with Gasteiger partial charge in [-0.2, -0.15) is 5.10 Å². The average Bonchev–Trinajstić information content (AvgIpc) is 3.48. The predicted molar refractivity (Wildman–Crippen MR) is 114 cm³/mol. The molecule has 0 spiro atoms. The fourth-order valence-electron chi connectivity index (χ4n) is 5.07. The van der Waals surface area contributed by atoms with Crippen molar-refractivity contribution in [1.29, 1.82) is 0 Å². The van der Waals surface area contributed by atoms with Gasteiger partial charge in [0.05, 0.1) is 22.8 Å². The molecule has 0 radical (unpaired) electrons. The average molecular weight is 390 g/mol. The van der Waals surface area contributed by atoms with Gasteiger partial charge in [0.25, 0.3) is 5.91 Å². The van der Waals surface area contributed by atoms with E-state index in [-0.39, 0.29) is 5.91 Å². The minimum atomic E-state index is -0.0989. The summed E-state index contributed by atoms with van der Waals surface area (Å²) < 4.78 is 1.88. The van der Waals surface area contributed by atoms with E-state index in [1.807, 2.05) is 41.2 Å². The topological polar surface area (TPSA) is 71.8 Å². The molecular formula is C23H27N5O. The summed E-state index contributed by atoms with van der Waals surface area (Å²) in [6, 6.07) is 10.4. The van der Waals surface area contributed by atoms with Gasteiger partial charge in [0.15, 0.2) is 5.65 Å². The van der Waals surface area contributed by atoms with Crippen molar-refractivity contribution in [2.24, 2.45) is 11.8 Å². The van der Waals surface area contributed by atoms with Gasteiger partial charge in [0.2, 0.25) is 0 Å². The summed E-state index contributed by atoms with van der Waals surface area (Å²) in [6.45, 7) is 3.31. The Bertz CT molecular complexity index is 1030. The molecule has 6 nitrogen and oxygen atoms in total. The van der Waals surface area contributed by atoms with Gasteiger partial charge < -0.3 is 10.6 Å². The number of carbonyl (C=O) groups is 1. The molecule has 3 atom stereocenters. The zero-order chi connectivity index (χ0) is 19.8. The zero-order valence-corrected chi connectivity index (χ0v) is 16.8. The van der Waals surface area contributed by atoms with Crippen LogP contribution in [-0.2, 0) is 13.1 Å². The molecule has 5 rings (SSSR count). The number of rotatable bonds is 6. The number of hydrogen-bond acceptors (Lipinski definition) is 4. The monoisotopic (exact) mass is 389 g/mol. The van der Waals surface area contributed by atoms with Gasteiger partial charge in [0, 0.05) is 25.3 Å². The molecule has 1 amide bonds. The van der Waals surface area contributed by atoms with Crippen LogP contribution in [0.2, 0.25) is 0 Å². The summed E-state index contributed by atoms with van der Waals surface area (Å²) in [4.78, 5) is 17.6. The summed E-state index contributed by atoms with van der Waals surface area (Å²) in [6.07, 6.45) is 8.70. The van der Waals surface area contributed by atoms with Gasteiger partial charge in [-0.25, -0.2) is 9.67 Å². The lowest BCUT2D eigenvalue weighted by Gasteiger charge is -2.25. The van der Waals surface area contributed by atoms with Crippen LogP contribution in [0, 0.1) is 11.8 Å². The Hall–Kier alpha value is -2.89. The van der Waals surface area contributed by atoms with Crippen molar-refractivity contribution in [3.63, 3.8) is 0 Å². The SMILES string of the molecule is CCn1ncc2c(N[C@H]3C[C@@H]4CC[C@@H]3C4)c(C(=O)NCc3ccccc3)cnc21. The third-order valence-electron chi connectivity index (χ3n) is 6.57. The molecule has 2 bridgehead atoms. The molecule has 2 saturated carbocycles. The lowest BCUT2D eigenvalue weighted by molar-refractivity contribution is 0.0951. The number of aromatic nitrogens is 3. The van der Waals surface area contributed by atoms with Gasteiger partial charge in [0.1, 0.15) is 0 Å². The fourth-order valence-corrected chi connectivity index (χ4v) is 5.07. The number of nitrogens with one attached hydrogen (secondary N) is 2. The van der Waals surface area contributed by atoms with E-state index in [2.05, 4.69) is 27.6 Å². The lowest BCUT2D eigenvalue weighted by Crippen LogP contribution is -2.29. The molecule has 2 N–H and O–H groups in total. The molecule has 1 aromatic carbocycles. The Labute approximate surface area is 170 Å². The molecule has 2 aliphatic carbocycles. The van der Waals surface area contributed by atoms with Crippen LogP contribution in [0.1, 0.15) is 48.5 Å². The Kier molecular flexibility index (Phi) is 4.70. The molecule has 29 heavy (non-hydrogen) atoms. The summed E-state index contributed by atoms with van der Waals surface area (Å²) in [7, 11) is 0. The van der Waals surface area contributed by atoms with Crippen LogP contribution in [0.5, 0.6) is 0 Å². The summed E-state index contributed by atoms with van der Waals surface area (Å²) in [5.41, 5.74) is 3.40. The molecule has 2 aliphatic rings. The number of anilines is 1. The van der Waals surface area contributed by atoms with Gasteiger partial charge >= 0.3 is 0 Å². The molecule has 0 saturated heterocycles. The number of benzene rings is 1. The van der Waals surface area contributed by atoms with E-state index >= 15 is 0 Å². The second-order valence-electron chi connectivity index (χ2n) is 8.34. The highest BCUT2D eigenvalue weighted by atomic mass is 16.1. The second-order valence-corrected chi connectivity index (χ2v) is 8.34. The summed E-state index contributed by atoms with van der Waals surface area (Å²) in [5, 5.41) is 12.2. The van der Waals surface area contributed by atoms with Crippen LogP contribution < -0.4 is 10.6 Å². The highest BCUT2D eigenvalue weighted by Gasteiger charge is 2.40. The van der Waals surface area contributed by atoms with E-state index in [1.165, 1.54) is 25.7 Å². The van der Waals surface area contributed by atoms with E-state index in [9.17, 15) is 4.79 Å². The Morgan fingerprint density at radius 3 is 2.76 bits per heavy atom. The maximum Gasteiger partial charge on any atom is 0.255 e. The Morgan fingerprint density at radius 1 is 1.17 bits per heavy atom. The minimum Gasteiger partial charge on any atom is -0.381 e. The van der Waals surface area contributed by atoms with E-state index in [4.69, 9.17) is 0 Å². The van der Waals surface area contributed by atoms with Gasteiger partial charge in [-0.3, -0.25) is 4.79 Å².